The van der Waals surface area contributed by atoms with Crippen molar-refractivity contribution in [2.75, 3.05) is 11.9 Å². The maximum Gasteiger partial charge on any atom is 0.310 e. The van der Waals surface area contributed by atoms with Crippen LogP contribution in [0.5, 0.6) is 5.75 Å². The maximum absolute atomic E-state index is 12.0. The molecule has 0 radical (unpaired) electrons. The highest BCUT2D eigenvalue weighted by Crippen LogP contribution is 2.22. The SMILES string of the molecule is O=C(COC(=O)Cc1ccc(O)cc1)Nc1cccc2ccccc12. The number of carbonyl (C=O) groups is 2. The van der Waals surface area contributed by atoms with Gasteiger partial charge in [0.05, 0.1) is 6.42 Å². The highest BCUT2D eigenvalue weighted by Gasteiger charge is 2.10. The number of ether oxygens (including phenoxy) is 1. The molecule has 0 aliphatic carbocycles. The number of fused-ring (bicyclic) bond motifs is 1. The largest absolute Gasteiger partial charge is 0.508 e. The summed E-state index contributed by atoms with van der Waals surface area (Å²) in [5.41, 5.74) is 1.38. The van der Waals surface area contributed by atoms with Gasteiger partial charge in [-0.15, -0.1) is 0 Å². The standard InChI is InChI=1S/C20H17NO4/c22-16-10-8-14(9-11-16)12-20(24)25-13-19(23)21-18-7-3-5-15-4-1-2-6-17(15)18/h1-11,22H,12-13H2,(H,21,23). The number of hydrogen-bond donors (Lipinski definition) is 2. The lowest BCUT2D eigenvalue weighted by atomic mass is 10.1. The summed E-state index contributed by atoms with van der Waals surface area (Å²) in [5.74, 6) is -0.763. The molecule has 5 heteroatoms. The third-order valence-corrected chi connectivity index (χ3v) is 3.71. The highest BCUT2D eigenvalue weighted by atomic mass is 16.5. The van der Waals surface area contributed by atoms with E-state index in [1.54, 1.807) is 18.2 Å². The van der Waals surface area contributed by atoms with Crippen molar-refractivity contribution in [2.24, 2.45) is 0 Å². The molecule has 0 aliphatic rings. The predicted octanol–water partition coefficient (Wildman–Crippen LogP) is 3.27. The third-order valence-electron chi connectivity index (χ3n) is 3.71. The Balaban J connectivity index is 1.55. The number of benzene rings is 3. The van der Waals surface area contributed by atoms with Crippen LogP contribution in [0.25, 0.3) is 10.8 Å². The molecule has 0 fully saturated rings. The minimum absolute atomic E-state index is 0.0435. The van der Waals surface area contributed by atoms with Crippen molar-refractivity contribution < 1.29 is 19.4 Å². The van der Waals surface area contributed by atoms with Gasteiger partial charge in [0, 0.05) is 11.1 Å². The number of rotatable bonds is 5. The van der Waals surface area contributed by atoms with Crippen molar-refractivity contribution in [3.05, 3.63) is 72.3 Å². The molecular formula is C20H17NO4. The smallest absolute Gasteiger partial charge is 0.310 e. The van der Waals surface area contributed by atoms with Crippen LogP contribution in [0, 0.1) is 0 Å². The van der Waals surface area contributed by atoms with Crippen LogP contribution in [0.2, 0.25) is 0 Å². The van der Waals surface area contributed by atoms with Crippen molar-refractivity contribution in [3.63, 3.8) is 0 Å². The van der Waals surface area contributed by atoms with Gasteiger partial charge in [-0.05, 0) is 29.1 Å². The molecule has 0 aromatic heterocycles. The lowest BCUT2D eigenvalue weighted by Gasteiger charge is -2.09. The summed E-state index contributed by atoms with van der Waals surface area (Å²) >= 11 is 0. The predicted molar refractivity (Wildman–Crippen MR) is 95.3 cm³/mol. The average molecular weight is 335 g/mol. The highest BCUT2D eigenvalue weighted by molar-refractivity contribution is 6.02. The minimum Gasteiger partial charge on any atom is -0.508 e. The Labute approximate surface area is 144 Å². The Hall–Kier alpha value is -3.34. The monoisotopic (exact) mass is 335 g/mol. The van der Waals surface area contributed by atoms with Crippen LogP contribution in [0.3, 0.4) is 0 Å². The van der Waals surface area contributed by atoms with E-state index in [-0.39, 0.29) is 18.8 Å². The van der Waals surface area contributed by atoms with E-state index >= 15 is 0 Å². The molecular weight excluding hydrogens is 318 g/mol. The van der Waals surface area contributed by atoms with Crippen molar-refractivity contribution in [1.82, 2.24) is 0 Å². The Bertz CT molecular complexity index is 898. The van der Waals surface area contributed by atoms with Crippen LogP contribution < -0.4 is 5.32 Å². The fourth-order valence-corrected chi connectivity index (χ4v) is 2.50. The molecule has 0 spiro atoms. The summed E-state index contributed by atoms with van der Waals surface area (Å²) in [5, 5.41) is 13.9. The first-order valence-corrected chi connectivity index (χ1v) is 7.83. The van der Waals surface area contributed by atoms with E-state index in [4.69, 9.17) is 4.74 Å². The quantitative estimate of drug-likeness (QED) is 0.702. The Morgan fingerprint density at radius 1 is 0.920 bits per heavy atom. The molecule has 0 aliphatic heterocycles. The first kappa shape index (κ1) is 16.5. The topological polar surface area (TPSA) is 75.6 Å². The lowest BCUT2D eigenvalue weighted by molar-refractivity contribution is -0.146. The summed E-state index contributed by atoms with van der Waals surface area (Å²) < 4.78 is 5.01. The molecule has 3 aromatic carbocycles. The lowest BCUT2D eigenvalue weighted by Crippen LogP contribution is -2.21. The van der Waals surface area contributed by atoms with Crippen LogP contribution in [-0.2, 0) is 20.7 Å². The molecule has 0 unspecified atom stereocenters. The molecule has 0 heterocycles. The summed E-state index contributed by atoms with van der Waals surface area (Å²) in [6, 6.07) is 19.6. The zero-order valence-electron chi connectivity index (χ0n) is 13.4. The number of phenols is 1. The molecule has 3 aromatic rings. The van der Waals surface area contributed by atoms with Crippen molar-refractivity contribution in [2.45, 2.75) is 6.42 Å². The Kier molecular flexibility index (Phi) is 4.95. The van der Waals surface area contributed by atoms with Gasteiger partial charge in [-0.1, -0.05) is 48.5 Å². The molecule has 0 saturated heterocycles. The van der Waals surface area contributed by atoms with Crippen molar-refractivity contribution in [1.29, 1.82) is 0 Å². The van der Waals surface area contributed by atoms with E-state index in [0.29, 0.717) is 11.3 Å². The Morgan fingerprint density at radius 2 is 1.64 bits per heavy atom. The van der Waals surface area contributed by atoms with Gasteiger partial charge in [-0.25, -0.2) is 0 Å². The van der Waals surface area contributed by atoms with Crippen molar-refractivity contribution in [3.8, 4) is 5.75 Å². The molecule has 126 valence electrons. The first-order chi connectivity index (χ1) is 12.1. The fourth-order valence-electron chi connectivity index (χ4n) is 2.50. The molecule has 3 rings (SSSR count). The zero-order chi connectivity index (χ0) is 17.6. The zero-order valence-corrected chi connectivity index (χ0v) is 13.4. The van der Waals surface area contributed by atoms with Gasteiger partial charge in [0.2, 0.25) is 0 Å². The van der Waals surface area contributed by atoms with Crippen molar-refractivity contribution >= 4 is 28.3 Å². The van der Waals surface area contributed by atoms with E-state index < -0.39 is 11.9 Å². The van der Waals surface area contributed by atoms with E-state index in [9.17, 15) is 14.7 Å². The summed E-state index contributed by atoms with van der Waals surface area (Å²) in [7, 11) is 0. The van der Waals surface area contributed by atoms with Crippen LogP contribution >= 0.6 is 0 Å². The van der Waals surface area contributed by atoms with Gasteiger partial charge >= 0.3 is 5.97 Å². The second-order valence-corrected chi connectivity index (χ2v) is 5.58. The van der Waals surface area contributed by atoms with E-state index in [2.05, 4.69) is 5.32 Å². The number of esters is 1. The van der Waals surface area contributed by atoms with Gasteiger partial charge in [0.15, 0.2) is 6.61 Å². The second kappa shape index (κ2) is 7.49. The average Bonchev–Trinajstić information content (AvgIpc) is 2.62. The molecule has 5 nitrogen and oxygen atoms in total. The summed E-state index contributed by atoms with van der Waals surface area (Å²) in [6.07, 6.45) is 0.0435. The first-order valence-electron chi connectivity index (χ1n) is 7.83. The molecule has 2 N–H and O–H groups in total. The third kappa shape index (κ3) is 4.35. The van der Waals surface area contributed by atoms with Crippen LogP contribution in [0.4, 0.5) is 5.69 Å². The van der Waals surface area contributed by atoms with E-state index in [1.807, 2.05) is 36.4 Å². The number of aromatic hydroxyl groups is 1. The normalized spacial score (nSPS) is 10.4. The number of amides is 1. The van der Waals surface area contributed by atoms with Crippen LogP contribution in [0.15, 0.2) is 66.7 Å². The number of carbonyl (C=O) groups excluding carboxylic acids is 2. The molecule has 0 saturated carbocycles. The van der Waals surface area contributed by atoms with Gasteiger partial charge in [0.25, 0.3) is 5.91 Å². The fraction of sp³-hybridized carbons (Fsp3) is 0.100. The van der Waals surface area contributed by atoms with Gasteiger partial charge < -0.3 is 15.2 Å². The van der Waals surface area contributed by atoms with Crippen LogP contribution in [0.1, 0.15) is 5.56 Å². The molecule has 25 heavy (non-hydrogen) atoms. The van der Waals surface area contributed by atoms with Gasteiger partial charge in [-0.3, -0.25) is 9.59 Å². The van der Waals surface area contributed by atoms with Gasteiger partial charge in [-0.2, -0.15) is 0 Å². The number of anilines is 1. The van der Waals surface area contributed by atoms with Gasteiger partial charge in [0.1, 0.15) is 5.75 Å². The number of hydrogen-bond acceptors (Lipinski definition) is 4. The maximum atomic E-state index is 12.0. The Morgan fingerprint density at radius 3 is 2.44 bits per heavy atom. The summed E-state index contributed by atoms with van der Waals surface area (Å²) in [6.45, 7) is -0.347. The van der Waals surface area contributed by atoms with Crippen LogP contribution in [-0.4, -0.2) is 23.6 Å². The number of phenolic OH excluding ortho intramolecular Hbond substituents is 1. The molecule has 1 amide bonds. The minimum atomic E-state index is -0.501. The van der Waals surface area contributed by atoms with E-state index in [1.165, 1.54) is 12.1 Å². The summed E-state index contributed by atoms with van der Waals surface area (Å²) in [4.78, 5) is 23.8. The second-order valence-electron chi connectivity index (χ2n) is 5.58. The number of nitrogens with one attached hydrogen (secondary N) is 1. The molecule has 0 atom stereocenters. The molecule has 0 bridgehead atoms. The van der Waals surface area contributed by atoms with E-state index in [0.717, 1.165) is 10.8 Å².